The van der Waals surface area contributed by atoms with Crippen LogP contribution in [0.25, 0.3) is 0 Å². The van der Waals surface area contributed by atoms with Gasteiger partial charge in [0, 0.05) is 12.1 Å². The molecule has 0 saturated carbocycles. The average Bonchev–Trinajstić information content (AvgIpc) is 2.93. The van der Waals surface area contributed by atoms with Gasteiger partial charge in [-0.15, -0.1) is 0 Å². The second kappa shape index (κ2) is 5.68. The molecular formula is C17H17NO3. The highest BCUT2D eigenvalue weighted by Gasteiger charge is 2.36. The van der Waals surface area contributed by atoms with Crippen LogP contribution in [0.2, 0.25) is 0 Å². The van der Waals surface area contributed by atoms with Gasteiger partial charge in [-0.3, -0.25) is 4.79 Å². The van der Waals surface area contributed by atoms with Crippen molar-refractivity contribution in [3.05, 3.63) is 71.3 Å². The Kier molecular flexibility index (Phi) is 3.10. The van der Waals surface area contributed by atoms with Crippen LogP contribution >= 0.6 is 0 Å². The number of fused-ring (bicyclic) bond motifs is 1. The Hall–Kier alpha value is -2.17. The van der Waals surface area contributed by atoms with E-state index in [1.165, 1.54) is 0 Å². The molecule has 4 heteroatoms. The third-order valence-corrected chi connectivity index (χ3v) is 3.90. The number of aliphatic hydroxyl groups excluding tert-OH is 2. The molecule has 0 radical (unpaired) electrons. The van der Waals surface area contributed by atoms with Crippen molar-refractivity contribution < 1.29 is 15.0 Å². The number of nitrogens with zero attached hydrogens (tertiary/aromatic N) is 1. The van der Waals surface area contributed by atoms with Gasteiger partial charge in [0.1, 0.15) is 6.10 Å². The molecule has 1 aliphatic heterocycles. The Labute approximate surface area is 126 Å². The van der Waals surface area contributed by atoms with Gasteiger partial charge in [0.25, 0.3) is 5.91 Å². The first kappa shape index (κ1) is 11.5. The zero-order valence-electron chi connectivity index (χ0n) is 13.4. The Morgan fingerprint density at radius 2 is 1.90 bits per heavy atom. The van der Waals surface area contributed by atoms with Crippen molar-refractivity contribution in [2.24, 2.45) is 0 Å². The largest absolute Gasteiger partial charge is 0.394 e. The van der Waals surface area contributed by atoms with Gasteiger partial charge in [0.05, 0.1) is 12.6 Å². The first-order chi connectivity index (χ1) is 11.3. The van der Waals surface area contributed by atoms with E-state index >= 15 is 0 Å². The molecule has 1 heterocycles. The Balaban J connectivity index is 1.92. The van der Waals surface area contributed by atoms with E-state index in [-0.39, 0.29) is 12.5 Å². The van der Waals surface area contributed by atoms with Crippen molar-refractivity contribution in [1.82, 2.24) is 4.90 Å². The first-order valence-electron chi connectivity index (χ1n) is 7.71. The molecule has 0 aliphatic carbocycles. The van der Waals surface area contributed by atoms with Crippen molar-refractivity contribution in [2.75, 3.05) is 6.61 Å². The molecular weight excluding hydrogens is 266 g/mol. The third-order valence-electron chi connectivity index (χ3n) is 3.90. The van der Waals surface area contributed by atoms with Gasteiger partial charge in [0.15, 0.2) is 0 Å². The molecule has 3 rings (SSSR count). The maximum Gasteiger partial charge on any atom is 0.254 e. The van der Waals surface area contributed by atoms with Gasteiger partial charge in [-0.1, -0.05) is 48.5 Å². The molecule has 21 heavy (non-hydrogen) atoms. The van der Waals surface area contributed by atoms with Crippen LogP contribution in [0.3, 0.4) is 0 Å². The molecule has 0 aromatic heterocycles. The summed E-state index contributed by atoms with van der Waals surface area (Å²) in [5.41, 5.74) is 2.36. The lowest BCUT2D eigenvalue weighted by atomic mass is 10.0. The second-order valence-corrected chi connectivity index (χ2v) is 5.16. The molecule has 1 amide bonds. The van der Waals surface area contributed by atoms with E-state index in [1.54, 1.807) is 11.0 Å². The van der Waals surface area contributed by atoms with Crippen LogP contribution in [0.15, 0.2) is 54.6 Å². The van der Waals surface area contributed by atoms with Crippen LogP contribution in [0.4, 0.5) is 0 Å². The van der Waals surface area contributed by atoms with Crippen molar-refractivity contribution >= 4 is 5.91 Å². The van der Waals surface area contributed by atoms with E-state index in [0.717, 1.165) is 11.1 Å². The number of hydrogen-bond donors (Lipinski definition) is 2. The van der Waals surface area contributed by atoms with Crippen LogP contribution < -0.4 is 0 Å². The highest BCUT2D eigenvalue weighted by molar-refractivity contribution is 5.98. The molecule has 4 nitrogen and oxygen atoms in total. The van der Waals surface area contributed by atoms with E-state index in [1.807, 2.05) is 48.5 Å². The highest BCUT2D eigenvalue weighted by atomic mass is 16.3. The van der Waals surface area contributed by atoms with Crippen molar-refractivity contribution in [1.29, 1.82) is 2.86 Å². The molecule has 2 aromatic carbocycles. The fourth-order valence-electron chi connectivity index (χ4n) is 2.75. The molecule has 2 N–H and O–H groups in total. The zero-order valence-corrected chi connectivity index (χ0v) is 11.4. The maximum atomic E-state index is 12.7. The van der Waals surface area contributed by atoms with Gasteiger partial charge in [-0.2, -0.15) is 0 Å². The lowest BCUT2D eigenvalue weighted by Crippen LogP contribution is -2.42. The molecule has 1 aliphatic rings. The van der Waals surface area contributed by atoms with E-state index in [0.29, 0.717) is 12.1 Å². The SMILES string of the molecule is [2H]OC[C@@H]([C@@H](O[2H])c1ccccc1)N1Cc2ccccc2C1=O. The topological polar surface area (TPSA) is 60.8 Å². The van der Waals surface area contributed by atoms with Crippen LogP contribution in [-0.4, -0.2) is 36.5 Å². The monoisotopic (exact) mass is 285 g/mol. The minimum Gasteiger partial charge on any atom is -0.394 e. The predicted molar refractivity (Wildman–Crippen MR) is 78.6 cm³/mol. The molecule has 2 aromatic rings. The summed E-state index contributed by atoms with van der Waals surface area (Å²) in [7, 11) is 0. The zero-order chi connectivity index (χ0) is 16.2. The normalized spacial score (nSPS) is 17.9. The standard InChI is InChI=1S/C17H17NO3/c19-11-15(16(20)12-6-2-1-3-7-12)18-10-13-8-4-5-9-14(13)17(18)21/h1-9,15-16,19-20H,10-11H2/t15-,16-/m0/s1/i19D,20D. The van der Waals surface area contributed by atoms with Gasteiger partial charge in [-0.05, 0) is 17.2 Å². The quantitative estimate of drug-likeness (QED) is 0.850. The molecule has 0 unspecified atom stereocenters. The van der Waals surface area contributed by atoms with Gasteiger partial charge in [-0.25, -0.2) is 0 Å². The number of benzene rings is 2. The van der Waals surface area contributed by atoms with Gasteiger partial charge >= 0.3 is 0 Å². The molecule has 0 fully saturated rings. The van der Waals surface area contributed by atoms with Crippen LogP contribution in [0.5, 0.6) is 0 Å². The summed E-state index contributed by atoms with van der Waals surface area (Å²) >= 11 is 0. The number of aliphatic hydroxyl groups is 2. The first-order valence-corrected chi connectivity index (χ1v) is 6.90. The Bertz CT molecular complexity index is 681. The second-order valence-electron chi connectivity index (χ2n) is 5.16. The summed E-state index contributed by atoms with van der Waals surface area (Å²) in [6.45, 7) is 0.397. The average molecular weight is 285 g/mol. The number of carbonyl (C=O) groups excluding carboxylic acids is 1. The lowest BCUT2D eigenvalue weighted by molar-refractivity contribution is 0.0152. The van der Waals surface area contributed by atoms with Crippen LogP contribution in [-0.2, 0) is 6.54 Å². The Morgan fingerprint density at radius 3 is 2.62 bits per heavy atom. The number of amides is 1. The minimum absolute atomic E-state index is 0.0296. The van der Waals surface area contributed by atoms with Gasteiger partial charge < -0.3 is 15.1 Å². The van der Waals surface area contributed by atoms with Gasteiger partial charge in [0.2, 0.25) is 2.86 Å². The van der Waals surface area contributed by atoms with E-state index in [9.17, 15) is 4.79 Å². The molecule has 108 valence electrons. The molecule has 2 atom stereocenters. The smallest absolute Gasteiger partial charge is 0.254 e. The maximum absolute atomic E-state index is 12.7. The van der Waals surface area contributed by atoms with Crippen LogP contribution in [0, 0.1) is 0 Å². The lowest BCUT2D eigenvalue weighted by Gasteiger charge is -2.30. The third kappa shape index (κ3) is 2.44. The van der Waals surface area contributed by atoms with Crippen molar-refractivity contribution in [3.8, 4) is 0 Å². The number of hydrogen-bond acceptors (Lipinski definition) is 3. The van der Waals surface area contributed by atoms with E-state index < -0.39 is 12.1 Å². The number of carbonyl (C=O) groups is 1. The summed E-state index contributed by atoms with van der Waals surface area (Å²) in [5, 5.41) is 9.46. The summed E-state index contributed by atoms with van der Waals surface area (Å²) < 4.78 is 14.5. The fourth-order valence-corrected chi connectivity index (χ4v) is 2.75. The van der Waals surface area contributed by atoms with Crippen molar-refractivity contribution in [2.45, 2.75) is 18.7 Å². The predicted octanol–water partition coefficient (Wildman–Crippen LogP) is 1.74. The summed E-state index contributed by atoms with van der Waals surface area (Å²) in [6, 6.07) is 16.1. The Morgan fingerprint density at radius 1 is 1.14 bits per heavy atom. The van der Waals surface area contributed by atoms with Crippen molar-refractivity contribution in [3.63, 3.8) is 0 Å². The minimum atomic E-state index is -0.681. The molecule has 0 bridgehead atoms. The summed E-state index contributed by atoms with van der Waals surface area (Å²) in [4.78, 5) is 14.3. The van der Waals surface area contributed by atoms with E-state index in [4.69, 9.17) is 7.97 Å². The molecule has 0 saturated heterocycles. The summed E-state index contributed by atoms with van der Waals surface area (Å²) in [6.07, 6.45) is -0.681. The highest BCUT2D eigenvalue weighted by Crippen LogP contribution is 2.29. The van der Waals surface area contributed by atoms with Crippen LogP contribution in [0.1, 0.15) is 27.6 Å². The van der Waals surface area contributed by atoms with E-state index in [2.05, 4.69) is 5.11 Å². The number of rotatable bonds is 6. The molecule has 0 spiro atoms. The summed E-state index contributed by atoms with van der Waals surface area (Å²) in [5.74, 6) is -0.124. The fraction of sp³-hybridized carbons (Fsp3) is 0.235.